The minimum absolute atomic E-state index is 0.224. The summed E-state index contributed by atoms with van der Waals surface area (Å²) in [5, 5.41) is 0.439. The van der Waals surface area contributed by atoms with E-state index in [0.29, 0.717) is 21.7 Å². The van der Waals surface area contributed by atoms with E-state index in [9.17, 15) is 14.4 Å². The van der Waals surface area contributed by atoms with Gasteiger partial charge in [-0.25, -0.2) is 4.79 Å². The number of benzene rings is 3. The summed E-state index contributed by atoms with van der Waals surface area (Å²) >= 11 is 6.15. The predicted molar refractivity (Wildman–Crippen MR) is 129 cm³/mol. The third-order valence-electron chi connectivity index (χ3n) is 7.01. The number of carbonyl (C=O) groups is 3. The standard InChI is InChI=1S/C28H23ClO7/c1-16-8-10-17(11-9-16)23-27(24(30)33-2)22(20-6-4-5-7-21(20)35-25(27)31)28(36-23,26(32)34-3)18-12-14-19(29)15-13-18/h4-15,22-23H,1-3H3. The molecule has 0 radical (unpaired) electrons. The summed E-state index contributed by atoms with van der Waals surface area (Å²) in [7, 11) is 2.42. The highest BCUT2D eigenvalue weighted by Gasteiger charge is 2.78. The zero-order chi connectivity index (χ0) is 25.7. The highest BCUT2D eigenvalue weighted by molar-refractivity contribution is 6.30. The molecule has 0 N–H and O–H groups in total. The van der Waals surface area contributed by atoms with Crippen LogP contribution in [0.2, 0.25) is 5.02 Å². The molecule has 7 nitrogen and oxygen atoms in total. The first-order valence-electron chi connectivity index (χ1n) is 11.3. The van der Waals surface area contributed by atoms with Crippen molar-refractivity contribution in [3.8, 4) is 5.75 Å². The van der Waals surface area contributed by atoms with Gasteiger partial charge in [0.15, 0.2) is 5.60 Å². The molecule has 184 valence electrons. The summed E-state index contributed by atoms with van der Waals surface area (Å²) in [5.74, 6) is -3.47. The molecular formula is C28H23ClO7. The molecule has 2 aliphatic heterocycles. The number of fused-ring (bicyclic) bond motifs is 3. The van der Waals surface area contributed by atoms with Gasteiger partial charge in [-0.15, -0.1) is 0 Å². The maximum atomic E-state index is 13.9. The second-order valence-corrected chi connectivity index (χ2v) is 9.30. The topological polar surface area (TPSA) is 88.1 Å². The van der Waals surface area contributed by atoms with Gasteiger partial charge in [0, 0.05) is 10.6 Å². The lowest BCUT2D eigenvalue weighted by molar-refractivity contribution is -0.175. The molecule has 0 spiro atoms. The lowest BCUT2D eigenvalue weighted by atomic mass is 9.60. The van der Waals surface area contributed by atoms with Gasteiger partial charge < -0.3 is 18.9 Å². The van der Waals surface area contributed by atoms with Crippen LogP contribution in [-0.2, 0) is 34.2 Å². The lowest BCUT2D eigenvalue weighted by Crippen LogP contribution is -2.54. The average molecular weight is 507 g/mol. The van der Waals surface area contributed by atoms with Crippen LogP contribution < -0.4 is 4.74 Å². The van der Waals surface area contributed by atoms with Crippen LogP contribution in [0.4, 0.5) is 0 Å². The van der Waals surface area contributed by atoms with E-state index < -0.39 is 40.9 Å². The lowest BCUT2D eigenvalue weighted by Gasteiger charge is -2.40. The number of para-hydroxylation sites is 1. The summed E-state index contributed by atoms with van der Waals surface area (Å²) in [4.78, 5) is 41.5. The van der Waals surface area contributed by atoms with Gasteiger partial charge in [0.1, 0.15) is 11.9 Å². The van der Waals surface area contributed by atoms with Gasteiger partial charge >= 0.3 is 17.9 Å². The van der Waals surface area contributed by atoms with Gasteiger partial charge in [-0.3, -0.25) is 9.59 Å². The van der Waals surface area contributed by atoms with E-state index in [0.717, 1.165) is 5.56 Å². The molecule has 4 atom stereocenters. The van der Waals surface area contributed by atoms with Crippen molar-refractivity contribution in [3.63, 3.8) is 0 Å². The molecule has 36 heavy (non-hydrogen) atoms. The van der Waals surface area contributed by atoms with Crippen molar-refractivity contribution in [2.75, 3.05) is 14.2 Å². The van der Waals surface area contributed by atoms with Crippen molar-refractivity contribution in [2.24, 2.45) is 5.41 Å². The number of ether oxygens (including phenoxy) is 4. The van der Waals surface area contributed by atoms with Crippen LogP contribution in [0.5, 0.6) is 5.75 Å². The molecule has 0 amide bonds. The van der Waals surface area contributed by atoms with Crippen LogP contribution >= 0.6 is 11.6 Å². The quantitative estimate of drug-likeness (QED) is 0.289. The third-order valence-corrected chi connectivity index (χ3v) is 7.27. The van der Waals surface area contributed by atoms with Crippen molar-refractivity contribution in [1.82, 2.24) is 0 Å². The zero-order valence-electron chi connectivity index (χ0n) is 19.8. The summed E-state index contributed by atoms with van der Waals surface area (Å²) in [5.41, 5.74) is -1.67. The van der Waals surface area contributed by atoms with E-state index in [1.165, 1.54) is 14.2 Å². The molecule has 8 heteroatoms. The molecule has 1 fully saturated rings. The second kappa shape index (κ2) is 8.76. The minimum atomic E-state index is -2.05. The number of rotatable bonds is 4. The molecule has 3 aromatic carbocycles. The Morgan fingerprint density at radius 1 is 0.889 bits per heavy atom. The molecule has 4 unspecified atom stereocenters. The van der Waals surface area contributed by atoms with Crippen LogP contribution in [0, 0.1) is 12.3 Å². The average Bonchev–Trinajstić information content (AvgIpc) is 3.23. The van der Waals surface area contributed by atoms with E-state index >= 15 is 0 Å². The zero-order valence-corrected chi connectivity index (χ0v) is 20.6. The fourth-order valence-corrected chi connectivity index (χ4v) is 5.55. The predicted octanol–water partition coefficient (Wildman–Crippen LogP) is 4.65. The van der Waals surface area contributed by atoms with Crippen molar-refractivity contribution < 1.29 is 33.3 Å². The molecule has 2 aliphatic rings. The van der Waals surface area contributed by atoms with Crippen molar-refractivity contribution >= 4 is 29.5 Å². The van der Waals surface area contributed by atoms with Gasteiger partial charge in [-0.1, -0.05) is 71.8 Å². The Hall–Kier alpha value is -3.68. The Kier molecular flexibility index (Phi) is 5.85. The fourth-order valence-electron chi connectivity index (χ4n) is 5.42. The summed E-state index contributed by atoms with van der Waals surface area (Å²) < 4.78 is 22.9. The summed E-state index contributed by atoms with van der Waals surface area (Å²) in [6.45, 7) is 1.91. The van der Waals surface area contributed by atoms with Gasteiger partial charge in [0.25, 0.3) is 0 Å². The number of esters is 3. The maximum Gasteiger partial charge on any atom is 0.343 e. The highest BCUT2D eigenvalue weighted by Crippen LogP contribution is 2.68. The first kappa shape index (κ1) is 24.0. The Morgan fingerprint density at radius 2 is 1.53 bits per heavy atom. The Morgan fingerprint density at radius 3 is 2.17 bits per heavy atom. The van der Waals surface area contributed by atoms with Crippen LogP contribution in [-0.4, -0.2) is 32.1 Å². The number of aryl methyl sites for hydroxylation is 1. The van der Waals surface area contributed by atoms with Crippen molar-refractivity contribution in [3.05, 3.63) is 100 Å². The van der Waals surface area contributed by atoms with Crippen LogP contribution in [0.1, 0.15) is 34.3 Å². The van der Waals surface area contributed by atoms with E-state index in [4.69, 9.17) is 30.5 Å². The molecule has 1 saturated heterocycles. The Bertz CT molecular complexity index is 1350. The van der Waals surface area contributed by atoms with E-state index in [-0.39, 0.29) is 5.75 Å². The number of methoxy groups -OCH3 is 2. The third kappa shape index (κ3) is 3.20. The first-order chi connectivity index (χ1) is 17.3. The number of hydrogen-bond acceptors (Lipinski definition) is 7. The Labute approximate surface area is 212 Å². The maximum absolute atomic E-state index is 13.9. The largest absolute Gasteiger partial charge is 0.468 e. The van der Waals surface area contributed by atoms with Crippen LogP contribution in [0.15, 0.2) is 72.8 Å². The van der Waals surface area contributed by atoms with Crippen molar-refractivity contribution in [1.29, 1.82) is 0 Å². The monoisotopic (exact) mass is 506 g/mol. The first-order valence-corrected chi connectivity index (χ1v) is 11.7. The minimum Gasteiger partial charge on any atom is -0.468 e. The van der Waals surface area contributed by atoms with Gasteiger partial charge in [0.05, 0.1) is 20.1 Å². The number of carbonyl (C=O) groups excluding carboxylic acids is 3. The molecule has 5 rings (SSSR count). The SMILES string of the molecule is COC(=O)C1(c2ccc(Cl)cc2)OC(c2ccc(C)cc2)C2(C(=O)OC)C(=O)Oc3ccccc3C12. The number of hydrogen-bond donors (Lipinski definition) is 0. The van der Waals surface area contributed by atoms with Gasteiger partial charge in [-0.05, 0) is 36.2 Å². The van der Waals surface area contributed by atoms with Crippen LogP contribution in [0.3, 0.4) is 0 Å². The summed E-state index contributed by atoms with van der Waals surface area (Å²) in [6, 6.07) is 20.4. The Balaban J connectivity index is 1.91. The van der Waals surface area contributed by atoms with Gasteiger partial charge in [-0.2, -0.15) is 0 Å². The van der Waals surface area contributed by atoms with E-state index in [1.807, 2.05) is 19.1 Å². The molecular weight excluding hydrogens is 484 g/mol. The molecule has 0 saturated carbocycles. The second-order valence-electron chi connectivity index (χ2n) is 8.86. The smallest absolute Gasteiger partial charge is 0.343 e. The molecule has 0 aliphatic carbocycles. The molecule has 2 heterocycles. The van der Waals surface area contributed by atoms with Crippen molar-refractivity contribution in [2.45, 2.75) is 24.5 Å². The summed E-state index contributed by atoms with van der Waals surface area (Å²) in [6.07, 6.45) is -1.23. The fraction of sp³-hybridized carbons (Fsp3) is 0.250. The normalized spacial score (nSPS) is 26.4. The molecule has 0 aromatic heterocycles. The number of halogens is 1. The van der Waals surface area contributed by atoms with E-state index in [1.54, 1.807) is 60.7 Å². The molecule has 3 aromatic rings. The van der Waals surface area contributed by atoms with Crippen LogP contribution in [0.25, 0.3) is 0 Å². The van der Waals surface area contributed by atoms with E-state index in [2.05, 4.69) is 0 Å². The molecule has 0 bridgehead atoms. The van der Waals surface area contributed by atoms with Gasteiger partial charge in [0.2, 0.25) is 5.41 Å². The highest BCUT2D eigenvalue weighted by atomic mass is 35.5.